The molecule has 1 aromatic carbocycles. The number of aromatic nitrogens is 2. The molecule has 0 spiro atoms. The molecule has 2 aliphatic rings. The van der Waals surface area contributed by atoms with E-state index in [1.807, 2.05) is 0 Å². The zero-order chi connectivity index (χ0) is 21.8. The molecule has 2 bridgehead atoms. The molecule has 1 amide bonds. The summed E-state index contributed by atoms with van der Waals surface area (Å²) in [6, 6.07) is 8.94. The Morgan fingerprint density at radius 1 is 1.19 bits per heavy atom. The number of carbonyl (C=O) groups excluding carboxylic acids is 1. The number of amides is 1. The second-order valence-corrected chi connectivity index (χ2v) is 9.95. The molecule has 1 N–H and O–H groups in total. The number of benzene rings is 1. The van der Waals surface area contributed by atoms with E-state index in [9.17, 15) is 22.0 Å². The molecular weight excluding hydrogens is 426 g/mol. The van der Waals surface area contributed by atoms with Crippen molar-refractivity contribution in [2.45, 2.75) is 36.2 Å². The minimum atomic E-state index is -3.82. The number of pyridine rings is 1. The summed E-state index contributed by atoms with van der Waals surface area (Å²) in [5.41, 5.74) is 1.94. The number of imidazole rings is 1. The van der Waals surface area contributed by atoms with E-state index in [1.165, 1.54) is 16.4 Å². The van der Waals surface area contributed by atoms with Crippen molar-refractivity contribution in [2.75, 3.05) is 6.54 Å². The smallest absolute Gasteiger partial charge is 0.253 e. The van der Waals surface area contributed by atoms with Gasteiger partial charge in [-0.1, -0.05) is 12.1 Å². The Bertz CT molecular complexity index is 1260. The molecule has 1 aliphatic carbocycles. The molecule has 1 saturated carbocycles. The van der Waals surface area contributed by atoms with Crippen molar-refractivity contribution in [2.24, 2.45) is 5.92 Å². The molecule has 0 radical (unpaired) electrons. The first kappa shape index (κ1) is 20.1. The van der Waals surface area contributed by atoms with Gasteiger partial charge in [-0.25, -0.2) is 22.2 Å². The first-order valence-electron chi connectivity index (χ1n) is 9.93. The summed E-state index contributed by atoms with van der Waals surface area (Å²) in [7, 11) is -3.82. The summed E-state index contributed by atoms with van der Waals surface area (Å²) in [5, 5.41) is 2.80. The number of piperidine rings is 1. The summed E-state index contributed by atoms with van der Waals surface area (Å²) in [6.07, 6.45) is 4.87. The highest BCUT2D eigenvalue weighted by molar-refractivity contribution is 7.89. The molecule has 10 heteroatoms. The average Bonchev–Trinajstić information content (AvgIpc) is 3.45. The van der Waals surface area contributed by atoms with Gasteiger partial charge in [-0.05, 0) is 36.2 Å². The number of carbonyl (C=O) groups is 1. The van der Waals surface area contributed by atoms with Crippen LogP contribution in [0.2, 0.25) is 0 Å². The van der Waals surface area contributed by atoms with Gasteiger partial charge in [0, 0.05) is 50.1 Å². The molecule has 2 atom stereocenters. The number of halogens is 2. The van der Waals surface area contributed by atoms with Crippen LogP contribution >= 0.6 is 0 Å². The van der Waals surface area contributed by atoms with Gasteiger partial charge >= 0.3 is 0 Å². The van der Waals surface area contributed by atoms with Crippen LogP contribution in [0.15, 0.2) is 59.9 Å². The van der Waals surface area contributed by atoms with Crippen molar-refractivity contribution in [3.8, 4) is 0 Å². The van der Waals surface area contributed by atoms with Crippen LogP contribution in [0.3, 0.4) is 0 Å². The minimum absolute atomic E-state index is 0.0732. The van der Waals surface area contributed by atoms with Gasteiger partial charge in [0.2, 0.25) is 10.0 Å². The van der Waals surface area contributed by atoms with E-state index >= 15 is 0 Å². The lowest BCUT2D eigenvalue weighted by atomic mass is 10.1. The molecule has 7 nitrogen and oxygen atoms in total. The second-order valence-electron chi connectivity index (χ2n) is 8.06. The standard InChI is InChI=1S/C21H20F2N4O3S/c22-21(23)10-17-9-16(21)13-27(17)31(29,30)18-4-1-14(2-5-18)11-25-20(28)15-3-6-19-24-7-8-26(19)12-15/h1-8,12,16-17H,9-11,13H2,(H,25,28)/t16-,17-/m0/s1. The summed E-state index contributed by atoms with van der Waals surface area (Å²) in [5.74, 6) is -3.94. The van der Waals surface area contributed by atoms with E-state index in [4.69, 9.17) is 0 Å². The van der Waals surface area contributed by atoms with Crippen LogP contribution < -0.4 is 5.32 Å². The number of rotatable bonds is 5. The van der Waals surface area contributed by atoms with Gasteiger partial charge < -0.3 is 9.72 Å². The predicted molar refractivity (Wildman–Crippen MR) is 108 cm³/mol. The van der Waals surface area contributed by atoms with E-state index in [-0.39, 0.29) is 30.3 Å². The fraction of sp³-hybridized carbons (Fsp3) is 0.333. The van der Waals surface area contributed by atoms with Crippen LogP contribution in [0.4, 0.5) is 8.78 Å². The maximum absolute atomic E-state index is 13.7. The Hall–Kier alpha value is -2.85. The predicted octanol–water partition coefficient (Wildman–Crippen LogP) is 2.68. The maximum Gasteiger partial charge on any atom is 0.253 e. The van der Waals surface area contributed by atoms with Crippen LogP contribution in [0.5, 0.6) is 0 Å². The van der Waals surface area contributed by atoms with E-state index < -0.39 is 34.3 Å². The molecule has 2 fully saturated rings. The average molecular weight is 446 g/mol. The number of nitrogens with one attached hydrogen (secondary N) is 1. The molecule has 1 aliphatic heterocycles. The van der Waals surface area contributed by atoms with Crippen LogP contribution in [0.25, 0.3) is 5.65 Å². The minimum Gasteiger partial charge on any atom is -0.348 e. The Morgan fingerprint density at radius 3 is 2.65 bits per heavy atom. The Morgan fingerprint density at radius 2 is 1.97 bits per heavy atom. The zero-order valence-electron chi connectivity index (χ0n) is 16.4. The highest BCUT2D eigenvalue weighted by Gasteiger charge is 2.58. The SMILES string of the molecule is O=C(NCc1ccc(S(=O)(=O)N2C[C@@H]3C[C@H]2CC3(F)F)cc1)c1ccc2nccn2c1. The normalized spacial score (nSPS) is 22.8. The topological polar surface area (TPSA) is 83.8 Å². The fourth-order valence-electron chi connectivity index (χ4n) is 4.41. The molecular formula is C21H20F2N4O3S. The third-order valence-corrected chi connectivity index (χ3v) is 8.04. The fourth-order valence-corrected chi connectivity index (χ4v) is 6.09. The third kappa shape index (κ3) is 3.49. The summed E-state index contributed by atoms with van der Waals surface area (Å²) >= 11 is 0. The van der Waals surface area contributed by atoms with Gasteiger partial charge in [-0.15, -0.1) is 0 Å². The van der Waals surface area contributed by atoms with Crippen molar-refractivity contribution in [1.29, 1.82) is 0 Å². The van der Waals surface area contributed by atoms with Gasteiger partial charge in [0.25, 0.3) is 11.8 Å². The van der Waals surface area contributed by atoms with E-state index in [0.29, 0.717) is 5.56 Å². The molecule has 5 rings (SSSR count). The summed E-state index contributed by atoms with van der Waals surface area (Å²) < 4.78 is 56.2. The van der Waals surface area contributed by atoms with E-state index in [1.54, 1.807) is 47.3 Å². The lowest BCUT2D eigenvalue weighted by molar-refractivity contribution is -0.0559. The highest BCUT2D eigenvalue weighted by Crippen LogP contribution is 2.49. The van der Waals surface area contributed by atoms with Crippen molar-refractivity contribution in [1.82, 2.24) is 19.0 Å². The van der Waals surface area contributed by atoms with Crippen LogP contribution in [-0.4, -0.2) is 46.5 Å². The van der Waals surface area contributed by atoms with E-state index in [2.05, 4.69) is 10.3 Å². The zero-order valence-corrected chi connectivity index (χ0v) is 17.2. The second kappa shape index (κ2) is 7.10. The monoisotopic (exact) mass is 446 g/mol. The van der Waals surface area contributed by atoms with Crippen molar-refractivity contribution in [3.63, 3.8) is 0 Å². The van der Waals surface area contributed by atoms with Gasteiger partial charge in [0.1, 0.15) is 5.65 Å². The van der Waals surface area contributed by atoms with Gasteiger partial charge in [-0.3, -0.25) is 4.79 Å². The van der Waals surface area contributed by atoms with Gasteiger partial charge in [0.15, 0.2) is 0 Å². The van der Waals surface area contributed by atoms with E-state index in [0.717, 1.165) is 11.2 Å². The quantitative estimate of drug-likeness (QED) is 0.653. The third-order valence-electron chi connectivity index (χ3n) is 6.10. The number of hydrogen-bond acceptors (Lipinski definition) is 4. The first-order valence-corrected chi connectivity index (χ1v) is 11.4. The summed E-state index contributed by atoms with van der Waals surface area (Å²) in [4.78, 5) is 16.6. The number of nitrogens with zero attached hydrogens (tertiary/aromatic N) is 3. The van der Waals surface area contributed by atoms with Crippen LogP contribution in [0, 0.1) is 5.92 Å². The molecule has 162 valence electrons. The van der Waals surface area contributed by atoms with Crippen molar-refractivity contribution < 1.29 is 22.0 Å². The first-order chi connectivity index (χ1) is 14.7. The molecule has 3 aromatic rings. The molecule has 31 heavy (non-hydrogen) atoms. The highest BCUT2D eigenvalue weighted by atomic mass is 32.2. The molecule has 0 unspecified atom stereocenters. The molecule has 1 saturated heterocycles. The lowest BCUT2D eigenvalue weighted by Crippen LogP contribution is -2.44. The molecule has 2 aromatic heterocycles. The van der Waals surface area contributed by atoms with Crippen LogP contribution in [-0.2, 0) is 16.6 Å². The van der Waals surface area contributed by atoms with Gasteiger partial charge in [0.05, 0.1) is 10.5 Å². The molecule has 3 heterocycles. The lowest BCUT2D eigenvalue weighted by Gasteiger charge is -2.30. The number of fused-ring (bicyclic) bond motifs is 3. The van der Waals surface area contributed by atoms with Crippen LogP contribution in [0.1, 0.15) is 28.8 Å². The number of alkyl halides is 2. The Kier molecular flexibility index (Phi) is 4.60. The largest absolute Gasteiger partial charge is 0.348 e. The Labute approximate surface area is 177 Å². The van der Waals surface area contributed by atoms with Crippen molar-refractivity contribution >= 4 is 21.6 Å². The summed E-state index contributed by atoms with van der Waals surface area (Å²) in [6.45, 7) is 0.0842. The number of sulfonamides is 1. The maximum atomic E-state index is 13.7. The Balaban J connectivity index is 1.24. The number of hydrogen-bond donors (Lipinski definition) is 1. The van der Waals surface area contributed by atoms with Crippen molar-refractivity contribution in [3.05, 3.63) is 66.1 Å². The van der Waals surface area contributed by atoms with Gasteiger partial charge in [-0.2, -0.15) is 4.31 Å².